The zero-order valence-corrected chi connectivity index (χ0v) is 20.5. The number of carboxylic acids is 1. The zero-order chi connectivity index (χ0) is 24.6. The number of nitrogens with one attached hydrogen (secondary N) is 1. The lowest BCUT2D eigenvalue weighted by Crippen LogP contribution is -2.13. The molecule has 0 radical (unpaired) electrons. The van der Waals surface area contributed by atoms with Gasteiger partial charge in [0.2, 0.25) is 5.88 Å². The molecule has 35 heavy (non-hydrogen) atoms. The van der Waals surface area contributed by atoms with Crippen LogP contribution in [-0.2, 0) is 11.3 Å². The number of rotatable bonds is 9. The first kappa shape index (κ1) is 23.4. The van der Waals surface area contributed by atoms with E-state index in [9.17, 15) is 4.79 Å². The summed E-state index contributed by atoms with van der Waals surface area (Å²) in [6, 6.07) is 13.1. The highest BCUT2D eigenvalue weighted by Crippen LogP contribution is 2.41. The number of anilines is 1. The van der Waals surface area contributed by atoms with Crippen LogP contribution in [-0.4, -0.2) is 42.7 Å². The highest BCUT2D eigenvalue weighted by molar-refractivity contribution is 6.33. The van der Waals surface area contributed by atoms with E-state index >= 15 is 0 Å². The molecule has 0 amide bonds. The number of fused-ring (bicyclic) bond motifs is 1. The number of hydrogen-bond donors (Lipinski definition) is 2. The van der Waals surface area contributed by atoms with Crippen LogP contribution in [0.15, 0.2) is 48.8 Å². The summed E-state index contributed by atoms with van der Waals surface area (Å²) in [5, 5.41) is 13.1. The smallest absolute Gasteiger partial charge is 0.305 e. The fourth-order valence-electron chi connectivity index (χ4n) is 3.80. The van der Waals surface area contributed by atoms with E-state index in [0.717, 1.165) is 24.1 Å². The molecule has 0 atom stereocenters. The first-order valence-corrected chi connectivity index (χ1v) is 12.0. The van der Waals surface area contributed by atoms with Gasteiger partial charge in [-0.2, -0.15) is 4.98 Å². The number of carboxylic acid groups (broad SMARTS) is 1. The molecule has 1 aliphatic rings. The van der Waals surface area contributed by atoms with Crippen molar-refractivity contribution in [1.29, 1.82) is 0 Å². The fourth-order valence-corrected chi connectivity index (χ4v) is 4.27. The van der Waals surface area contributed by atoms with Crippen molar-refractivity contribution in [2.75, 3.05) is 11.9 Å². The molecule has 5 rings (SSSR count). The Hall–Kier alpha value is -3.36. The van der Waals surface area contributed by atoms with Crippen LogP contribution in [0.1, 0.15) is 31.7 Å². The molecule has 1 fully saturated rings. The van der Waals surface area contributed by atoms with Crippen molar-refractivity contribution in [2.24, 2.45) is 0 Å². The molecule has 1 aliphatic carbocycles. The third-order valence-electron chi connectivity index (χ3n) is 5.90. The first-order chi connectivity index (χ1) is 16.8. The van der Waals surface area contributed by atoms with Gasteiger partial charge in [-0.05, 0) is 55.7 Å². The predicted molar refractivity (Wildman–Crippen MR) is 135 cm³/mol. The van der Waals surface area contributed by atoms with E-state index in [1.54, 1.807) is 6.07 Å². The average Bonchev–Trinajstić information content (AvgIpc) is 3.42. The summed E-state index contributed by atoms with van der Waals surface area (Å²) in [5.74, 6) is 0.201. The number of halogens is 2. The van der Waals surface area contributed by atoms with E-state index in [1.165, 1.54) is 6.33 Å². The van der Waals surface area contributed by atoms with Gasteiger partial charge in [-0.25, -0.2) is 9.97 Å². The molecule has 0 bridgehead atoms. The second-order valence-electron chi connectivity index (χ2n) is 8.82. The van der Waals surface area contributed by atoms with Crippen LogP contribution in [0.25, 0.3) is 22.6 Å². The number of nitrogens with zero attached hydrogens (tertiary/aromatic N) is 4. The molecule has 180 valence electrons. The molecule has 0 saturated heterocycles. The molecule has 10 heteroatoms. The molecule has 2 aromatic carbocycles. The third kappa shape index (κ3) is 5.18. The van der Waals surface area contributed by atoms with Crippen molar-refractivity contribution in [2.45, 2.75) is 38.3 Å². The van der Waals surface area contributed by atoms with E-state index in [1.807, 2.05) is 41.0 Å². The summed E-state index contributed by atoms with van der Waals surface area (Å²) >= 11 is 12.9. The van der Waals surface area contributed by atoms with Crippen molar-refractivity contribution in [3.8, 4) is 17.3 Å². The molecule has 0 unspecified atom stereocenters. The highest BCUT2D eigenvalue weighted by Gasteiger charge is 2.41. The fraction of sp³-hybridized carbons (Fsp3) is 0.280. The number of aliphatic carboxylic acids is 1. The number of aromatic nitrogens is 4. The van der Waals surface area contributed by atoms with Crippen LogP contribution < -0.4 is 10.1 Å². The zero-order valence-electron chi connectivity index (χ0n) is 19.0. The summed E-state index contributed by atoms with van der Waals surface area (Å²) in [6.07, 6.45) is 3.43. The number of ether oxygens (including phenoxy) is 1. The van der Waals surface area contributed by atoms with E-state index in [2.05, 4.69) is 22.2 Å². The lowest BCUT2D eigenvalue weighted by atomic mass is 10.1. The molecular weight excluding hydrogens is 489 g/mol. The van der Waals surface area contributed by atoms with Crippen LogP contribution >= 0.6 is 23.2 Å². The van der Waals surface area contributed by atoms with Crippen molar-refractivity contribution in [1.82, 2.24) is 19.5 Å². The highest BCUT2D eigenvalue weighted by atomic mass is 35.5. The van der Waals surface area contributed by atoms with E-state index < -0.39 is 5.97 Å². The Morgan fingerprint density at radius 3 is 2.74 bits per heavy atom. The summed E-state index contributed by atoms with van der Waals surface area (Å²) in [7, 11) is 0. The van der Waals surface area contributed by atoms with Gasteiger partial charge in [0.25, 0.3) is 0 Å². The van der Waals surface area contributed by atoms with Gasteiger partial charge < -0.3 is 19.7 Å². The topological polar surface area (TPSA) is 102 Å². The lowest BCUT2D eigenvalue weighted by molar-refractivity contribution is -0.136. The van der Waals surface area contributed by atoms with Crippen LogP contribution in [0, 0.1) is 0 Å². The van der Waals surface area contributed by atoms with Crippen molar-refractivity contribution in [3.05, 3.63) is 64.4 Å². The second kappa shape index (κ2) is 9.36. The van der Waals surface area contributed by atoms with E-state index in [-0.39, 0.29) is 12.0 Å². The third-order valence-corrected chi connectivity index (χ3v) is 6.45. The Labute approximate surface area is 211 Å². The van der Waals surface area contributed by atoms with E-state index in [0.29, 0.717) is 51.6 Å². The van der Waals surface area contributed by atoms with Crippen LogP contribution in [0.2, 0.25) is 10.0 Å². The van der Waals surface area contributed by atoms with Crippen LogP contribution in [0.5, 0.6) is 5.88 Å². The van der Waals surface area contributed by atoms with Crippen molar-refractivity contribution in [3.63, 3.8) is 0 Å². The Morgan fingerprint density at radius 2 is 2.03 bits per heavy atom. The van der Waals surface area contributed by atoms with Gasteiger partial charge in [-0.1, -0.05) is 35.3 Å². The SMILES string of the molecule is CC1(Oc2ncnc3c2nc(-c2ccc(NCCC(=O)O)cc2Cl)n3Cc2cccc(Cl)c2)CC1. The first-order valence-electron chi connectivity index (χ1n) is 11.2. The maximum atomic E-state index is 10.8. The average molecular weight is 512 g/mol. The maximum absolute atomic E-state index is 10.8. The molecular formula is C25H23Cl2N5O3. The van der Waals surface area contributed by atoms with Gasteiger partial charge in [-0.15, -0.1) is 0 Å². The molecule has 2 N–H and O–H groups in total. The van der Waals surface area contributed by atoms with Gasteiger partial charge >= 0.3 is 5.97 Å². The largest absolute Gasteiger partial charge is 0.481 e. The minimum absolute atomic E-state index is 0.00909. The monoisotopic (exact) mass is 511 g/mol. The summed E-state index contributed by atoms with van der Waals surface area (Å²) in [6.45, 7) is 2.82. The minimum atomic E-state index is -0.867. The molecule has 0 spiro atoms. The lowest BCUT2D eigenvalue weighted by Gasteiger charge is -2.12. The van der Waals surface area contributed by atoms with Crippen LogP contribution in [0.4, 0.5) is 5.69 Å². The van der Waals surface area contributed by atoms with Gasteiger partial charge in [0, 0.05) is 22.8 Å². The molecule has 4 aromatic rings. The molecule has 0 aliphatic heterocycles. The van der Waals surface area contributed by atoms with Gasteiger partial charge in [-0.3, -0.25) is 4.79 Å². The normalized spacial score (nSPS) is 14.1. The number of hydrogen-bond acceptors (Lipinski definition) is 6. The van der Waals surface area contributed by atoms with Gasteiger partial charge in [0.05, 0.1) is 18.0 Å². The Bertz CT molecular complexity index is 1420. The molecule has 1 saturated carbocycles. The number of imidazole rings is 1. The molecule has 2 aromatic heterocycles. The predicted octanol–water partition coefficient (Wildman–Crippen LogP) is 5.67. The summed E-state index contributed by atoms with van der Waals surface area (Å²) in [4.78, 5) is 24.6. The Balaban J connectivity index is 1.58. The number of benzene rings is 2. The summed E-state index contributed by atoms with van der Waals surface area (Å²) in [5.41, 5.74) is 3.39. The quantitative estimate of drug-likeness (QED) is 0.298. The number of carbonyl (C=O) groups is 1. The second-order valence-corrected chi connectivity index (χ2v) is 9.66. The minimum Gasteiger partial charge on any atom is -0.481 e. The molecule has 2 heterocycles. The summed E-state index contributed by atoms with van der Waals surface area (Å²) < 4.78 is 8.15. The maximum Gasteiger partial charge on any atom is 0.305 e. The Morgan fingerprint density at radius 1 is 1.20 bits per heavy atom. The standard InChI is InChI=1S/C25H23Cl2N5O3/c1-25(8-9-25)35-24-21-23(29-14-30-24)32(13-15-3-2-4-16(26)11-15)22(31-21)18-6-5-17(12-19(18)27)28-10-7-20(33)34/h2-6,11-12,14,28H,7-10,13H2,1H3,(H,33,34). The Kier molecular flexibility index (Phi) is 6.25. The van der Waals surface area contributed by atoms with Gasteiger partial charge in [0.1, 0.15) is 17.8 Å². The van der Waals surface area contributed by atoms with Gasteiger partial charge in [0.15, 0.2) is 11.2 Å². The van der Waals surface area contributed by atoms with Crippen molar-refractivity contribution >= 4 is 46.0 Å². The van der Waals surface area contributed by atoms with Crippen molar-refractivity contribution < 1.29 is 14.6 Å². The molecule has 8 nitrogen and oxygen atoms in total. The van der Waals surface area contributed by atoms with E-state index in [4.69, 9.17) is 38.0 Å². The van der Waals surface area contributed by atoms with Crippen LogP contribution in [0.3, 0.4) is 0 Å².